The van der Waals surface area contributed by atoms with Crippen LogP contribution in [0.4, 0.5) is 0 Å². The molecule has 3 heteroatoms. The Labute approximate surface area is 91.9 Å². The molecule has 0 spiro atoms. The van der Waals surface area contributed by atoms with Gasteiger partial charge in [-0.3, -0.25) is 4.68 Å². The van der Waals surface area contributed by atoms with Gasteiger partial charge in [0, 0.05) is 30.9 Å². The molecule has 2 atom stereocenters. The van der Waals surface area contributed by atoms with Crippen molar-refractivity contribution < 1.29 is 0 Å². The molecule has 1 saturated carbocycles. The molecule has 0 aliphatic heterocycles. The summed E-state index contributed by atoms with van der Waals surface area (Å²) in [6.07, 6.45) is 6.07. The van der Waals surface area contributed by atoms with Crippen LogP contribution in [0.25, 0.3) is 0 Å². The van der Waals surface area contributed by atoms with Crippen molar-refractivity contribution in [1.29, 1.82) is 0 Å². The van der Waals surface area contributed by atoms with Crippen LogP contribution >= 0.6 is 0 Å². The average molecular weight is 207 g/mol. The van der Waals surface area contributed by atoms with Gasteiger partial charge in [0.15, 0.2) is 0 Å². The van der Waals surface area contributed by atoms with Gasteiger partial charge in [-0.1, -0.05) is 13.3 Å². The molecule has 1 N–H and O–H groups in total. The summed E-state index contributed by atoms with van der Waals surface area (Å²) in [4.78, 5) is 0. The van der Waals surface area contributed by atoms with Crippen LogP contribution in [-0.4, -0.2) is 15.8 Å². The summed E-state index contributed by atoms with van der Waals surface area (Å²) < 4.78 is 1.94. The van der Waals surface area contributed by atoms with Crippen LogP contribution < -0.4 is 5.32 Å². The summed E-state index contributed by atoms with van der Waals surface area (Å²) in [6, 6.07) is 0.713. The highest BCUT2D eigenvalue weighted by molar-refractivity contribution is 5.15. The number of nitrogens with one attached hydrogen (secondary N) is 1. The topological polar surface area (TPSA) is 29.9 Å². The Kier molecular flexibility index (Phi) is 3.10. The molecule has 0 radical (unpaired) electrons. The zero-order valence-electron chi connectivity index (χ0n) is 9.95. The van der Waals surface area contributed by atoms with Gasteiger partial charge in [-0.2, -0.15) is 5.10 Å². The van der Waals surface area contributed by atoms with Crippen molar-refractivity contribution in [2.24, 2.45) is 13.0 Å². The number of aryl methyl sites for hydroxylation is 1. The van der Waals surface area contributed by atoms with Crippen molar-refractivity contribution in [2.75, 3.05) is 0 Å². The Morgan fingerprint density at radius 1 is 1.53 bits per heavy atom. The molecule has 0 aromatic carbocycles. The number of nitrogens with zero attached hydrogens (tertiary/aromatic N) is 2. The molecular formula is C12H21N3. The summed E-state index contributed by atoms with van der Waals surface area (Å²) >= 11 is 0. The van der Waals surface area contributed by atoms with Gasteiger partial charge in [-0.15, -0.1) is 0 Å². The zero-order valence-corrected chi connectivity index (χ0v) is 9.95. The molecule has 0 amide bonds. The highest BCUT2D eigenvalue weighted by Crippen LogP contribution is 2.25. The predicted octanol–water partition coefficient (Wildman–Crippen LogP) is 2.01. The lowest BCUT2D eigenvalue weighted by molar-refractivity contribution is 0.425. The van der Waals surface area contributed by atoms with E-state index >= 15 is 0 Å². The van der Waals surface area contributed by atoms with E-state index in [1.807, 2.05) is 17.9 Å². The van der Waals surface area contributed by atoms with E-state index < -0.39 is 0 Å². The molecule has 0 bridgehead atoms. The van der Waals surface area contributed by atoms with E-state index in [0.717, 1.165) is 12.5 Å². The van der Waals surface area contributed by atoms with Crippen LogP contribution in [0.5, 0.6) is 0 Å². The van der Waals surface area contributed by atoms with E-state index in [1.165, 1.54) is 30.5 Å². The molecule has 1 aromatic heterocycles. The van der Waals surface area contributed by atoms with Crippen molar-refractivity contribution >= 4 is 0 Å². The van der Waals surface area contributed by atoms with E-state index in [4.69, 9.17) is 0 Å². The maximum Gasteiger partial charge on any atom is 0.0537 e. The van der Waals surface area contributed by atoms with Crippen LogP contribution in [0.3, 0.4) is 0 Å². The first-order valence-corrected chi connectivity index (χ1v) is 5.89. The molecule has 84 valence electrons. The van der Waals surface area contributed by atoms with E-state index in [0.29, 0.717) is 6.04 Å². The van der Waals surface area contributed by atoms with Crippen LogP contribution in [0.2, 0.25) is 0 Å². The fourth-order valence-electron chi connectivity index (χ4n) is 2.41. The molecule has 1 fully saturated rings. The monoisotopic (exact) mass is 207 g/mol. The van der Waals surface area contributed by atoms with Crippen molar-refractivity contribution in [3.05, 3.63) is 17.5 Å². The number of hydrogen-bond donors (Lipinski definition) is 1. The zero-order chi connectivity index (χ0) is 10.8. The van der Waals surface area contributed by atoms with Crippen LogP contribution in [-0.2, 0) is 13.6 Å². The SMILES string of the molecule is Cc1c(CNC2CCCC2C)cnn1C. The Hall–Kier alpha value is -0.830. The van der Waals surface area contributed by atoms with Crippen LogP contribution in [0, 0.1) is 12.8 Å². The van der Waals surface area contributed by atoms with Gasteiger partial charge in [0.25, 0.3) is 0 Å². The van der Waals surface area contributed by atoms with Crippen molar-refractivity contribution in [3.8, 4) is 0 Å². The second-order valence-electron chi connectivity index (χ2n) is 4.77. The fraction of sp³-hybridized carbons (Fsp3) is 0.750. The van der Waals surface area contributed by atoms with E-state index in [1.54, 1.807) is 0 Å². The van der Waals surface area contributed by atoms with Crippen molar-refractivity contribution in [3.63, 3.8) is 0 Å². The molecule has 3 nitrogen and oxygen atoms in total. The van der Waals surface area contributed by atoms with Gasteiger partial charge in [-0.05, 0) is 25.7 Å². The third kappa shape index (κ3) is 2.23. The standard InChI is InChI=1S/C12H21N3/c1-9-5-4-6-12(9)13-7-11-8-14-15(3)10(11)2/h8-9,12-13H,4-7H2,1-3H3. The minimum atomic E-state index is 0.713. The van der Waals surface area contributed by atoms with Gasteiger partial charge in [0.05, 0.1) is 6.20 Å². The maximum absolute atomic E-state index is 4.26. The van der Waals surface area contributed by atoms with Crippen molar-refractivity contribution in [2.45, 2.75) is 45.7 Å². The summed E-state index contributed by atoms with van der Waals surface area (Å²) in [5.41, 5.74) is 2.60. The van der Waals surface area contributed by atoms with Crippen LogP contribution in [0.1, 0.15) is 37.4 Å². The highest BCUT2D eigenvalue weighted by atomic mass is 15.3. The van der Waals surface area contributed by atoms with E-state index in [-0.39, 0.29) is 0 Å². The van der Waals surface area contributed by atoms with E-state index in [9.17, 15) is 0 Å². The summed E-state index contributed by atoms with van der Waals surface area (Å²) in [6.45, 7) is 5.44. The second-order valence-corrected chi connectivity index (χ2v) is 4.77. The summed E-state index contributed by atoms with van der Waals surface area (Å²) in [5, 5.41) is 7.91. The molecule has 1 aliphatic rings. The summed E-state index contributed by atoms with van der Waals surface area (Å²) in [5.74, 6) is 0.835. The maximum atomic E-state index is 4.26. The minimum absolute atomic E-state index is 0.713. The van der Waals surface area contributed by atoms with Gasteiger partial charge >= 0.3 is 0 Å². The summed E-state index contributed by atoms with van der Waals surface area (Å²) in [7, 11) is 2.00. The molecular weight excluding hydrogens is 186 g/mol. The normalized spacial score (nSPS) is 26.1. The Balaban J connectivity index is 1.90. The first-order chi connectivity index (χ1) is 7.18. The molecule has 1 aromatic rings. The number of aromatic nitrogens is 2. The third-order valence-corrected chi connectivity index (χ3v) is 3.75. The lowest BCUT2D eigenvalue weighted by atomic mass is 10.1. The average Bonchev–Trinajstić information content (AvgIpc) is 2.74. The largest absolute Gasteiger partial charge is 0.310 e. The van der Waals surface area contributed by atoms with Gasteiger partial charge in [-0.25, -0.2) is 0 Å². The third-order valence-electron chi connectivity index (χ3n) is 3.75. The lowest BCUT2D eigenvalue weighted by Gasteiger charge is -2.16. The number of hydrogen-bond acceptors (Lipinski definition) is 2. The molecule has 1 aliphatic carbocycles. The fourth-order valence-corrected chi connectivity index (χ4v) is 2.41. The Morgan fingerprint density at radius 2 is 2.33 bits per heavy atom. The molecule has 2 rings (SSSR count). The number of rotatable bonds is 3. The lowest BCUT2D eigenvalue weighted by Crippen LogP contribution is -2.30. The molecule has 2 unspecified atom stereocenters. The van der Waals surface area contributed by atoms with Gasteiger partial charge in [0.2, 0.25) is 0 Å². The van der Waals surface area contributed by atoms with Gasteiger partial charge < -0.3 is 5.32 Å². The van der Waals surface area contributed by atoms with Gasteiger partial charge in [0.1, 0.15) is 0 Å². The van der Waals surface area contributed by atoms with Crippen molar-refractivity contribution in [1.82, 2.24) is 15.1 Å². The van der Waals surface area contributed by atoms with E-state index in [2.05, 4.69) is 24.3 Å². The predicted molar refractivity (Wildman–Crippen MR) is 61.6 cm³/mol. The Morgan fingerprint density at radius 3 is 2.87 bits per heavy atom. The minimum Gasteiger partial charge on any atom is -0.310 e. The van der Waals surface area contributed by atoms with Crippen LogP contribution in [0.15, 0.2) is 6.20 Å². The molecule has 15 heavy (non-hydrogen) atoms. The Bertz CT molecular complexity index is 330. The first kappa shape index (κ1) is 10.7. The second kappa shape index (κ2) is 4.35. The highest BCUT2D eigenvalue weighted by Gasteiger charge is 2.22. The quantitative estimate of drug-likeness (QED) is 0.821. The molecule has 0 saturated heterocycles. The first-order valence-electron chi connectivity index (χ1n) is 5.89. The molecule has 1 heterocycles. The smallest absolute Gasteiger partial charge is 0.0537 e.